The van der Waals surface area contributed by atoms with Crippen LogP contribution in [0.5, 0.6) is 5.75 Å². The molecule has 0 unspecified atom stereocenters. The van der Waals surface area contributed by atoms with E-state index in [1.54, 1.807) is 19.2 Å². The van der Waals surface area contributed by atoms with Crippen molar-refractivity contribution in [3.63, 3.8) is 0 Å². The highest BCUT2D eigenvalue weighted by Gasteiger charge is 2.17. The maximum absolute atomic E-state index is 12.3. The Labute approximate surface area is 204 Å². The number of carbonyl (C=O) groups excluding carboxylic acids is 1. The van der Waals surface area contributed by atoms with Crippen molar-refractivity contribution in [1.82, 2.24) is 20.2 Å². The van der Waals surface area contributed by atoms with Crippen LogP contribution in [0.4, 0.5) is 5.69 Å². The van der Waals surface area contributed by atoms with E-state index in [1.165, 1.54) is 30.1 Å². The van der Waals surface area contributed by atoms with Gasteiger partial charge in [0, 0.05) is 23.4 Å². The SMILES string of the molecule is COc1ccc(-n2c(SCC(=O)N/N=C\c3ccc([N+](=O)[O-])cc3)nnc2-c2ccccc2)cc1. The average Bonchev–Trinajstić information content (AvgIpc) is 3.32. The van der Waals surface area contributed by atoms with Gasteiger partial charge in [0.2, 0.25) is 0 Å². The van der Waals surface area contributed by atoms with Crippen molar-refractivity contribution < 1.29 is 14.5 Å². The third kappa shape index (κ3) is 5.89. The fourth-order valence-corrected chi connectivity index (χ4v) is 3.87. The monoisotopic (exact) mass is 488 g/mol. The Balaban J connectivity index is 1.47. The smallest absolute Gasteiger partial charge is 0.269 e. The number of nitro benzene ring substituents is 1. The highest BCUT2D eigenvalue weighted by molar-refractivity contribution is 7.99. The molecule has 35 heavy (non-hydrogen) atoms. The molecule has 0 aliphatic heterocycles. The molecule has 1 amide bonds. The number of methoxy groups -OCH3 is 1. The number of rotatable bonds is 9. The Bertz CT molecular complexity index is 1340. The van der Waals surface area contributed by atoms with Gasteiger partial charge in [0.1, 0.15) is 5.75 Å². The number of non-ortho nitro benzene ring substituents is 1. The molecular weight excluding hydrogens is 468 g/mol. The second kappa shape index (κ2) is 11.1. The van der Waals surface area contributed by atoms with Gasteiger partial charge in [-0.1, -0.05) is 42.1 Å². The molecule has 1 N–H and O–H groups in total. The van der Waals surface area contributed by atoms with E-state index in [1.807, 2.05) is 59.2 Å². The lowest BCUT2D eigenvalue weighted by Crippen LogP contribution is -2.20. The number of nitrogens with one attached hydrogen (secondary N) is 1. The molecule has 0 saturated heterocycles. The summed E-state index contributed by atoms with van der Waals surface area (Å²) < 4.78 is 7.14. The Hall–Kier alpha value is -4.51. The van der Waals surface area contributed by atoms with Gasteiger partial charge in [0.15, 0.2) is 11.0 Å². The van der Waals surface area contributed by atoms with E-state index >= 15 is 0 Å². The molecule has 0 aliphatic carbocycles. The Kier molecular flexibility index (Phi) is 7.48. The number of hydrazone groups is 1. The normalized spacial score (nSPS) is 10.9. The van der Waals surface area contributed by atoms with Crippen molar-refractivity contribution in [2.75, 3.05) is 12.9 Å². The number of carbonyl (C=O) groups is 1. The summed E-state index contributed by atoms with van der Waals surface area (Å²) in [4.78, 5) is 22.6. The average molecular weight is 489 g/mol. The second-order valence-corrected chi connectivity index (χ2v) is 8.08. The van der Waals surface area contributed by atoms with E-state index in [-0.39, 0.29) is 17.3 Å². The van der Waals surface area contributed by atoms with Gasteiger partial charge in [-0.05, 0) is 42.0 Å². The van der Waals surface area contributed by atoms with E-state index in [9.17, 15) is 14.9 Å². The van der Waals surface area contributed by atoms with Crippen LogP contribution < -0.4 is 10.2 Å². The van der Waals surface area contributed by atoms with Gasteiger partial charge in [-0.3, -0.25) is 19.5 Å². The zero-order valence-electron chi connectivity index (χ0n) is 18.6. The second-order valence-electron chi connectivity index (χ2n) is 7.14. The Morgan fingerprint density at radius 1 is 1.09 bits per heavy atom. The van der Waals surface area contributed by atoms with Crippen molar-refractivity contribution in [3.8, 4) is 22.8 Å². The van der Waals surface area contributed by atoms with Crippen LogP contribution in [0.1, 0.15) is 5.56 Å². The first-order chi connectivity index (χ1) is 17.0. The summed E-state index contributed by atoms with van der Waals surface area (Å²) in [6.45, 7) is 0. The number of hydrogen-bond acceptors (Lipinski definition) is 8. The predicted octanol–water partition coefficient (Wildman–Crippen LogP) is 4.09. The zero-order valence-corrected chi connectivity index (χ0v) is 19.4. The molecule has 1 aromatic heterocycles. The van der Waals surface area contributed by atoms with Crippen LogP contribution in [0.25, 0.3) is 17.1 Å². The van der Waals surface area contributed by atoms with Gasteiger partial charge >= 0.3 is 0 Å². The molecule has 10 nitrogen and oxygen atoms in total. The van der Waals surface area contributed by atoms with Gasteiger partial charge in [0.05, 0.1) is 24.0 Å². The maximum atomic E-state index is 12.3. The minimum atomic E-state index is -0.478. The van der Waals surface area contributed by atoms with E-state index in [0.29, 0.717) is 16.5 Å². The van der Waals surface area contributed by atoms with Crippen molar-refractivity contribution in [1.29, 1.82) is 0 Å². The predicted molar refractivity (Wildman–Crippen MR) is 133 cm³/mol. The zero-order chi connectivity index (χ0) is 24.6. The van der Waals surface area contributed by atoms with Gasteiger partial charge in [0.25, 0.3) is 11.6 Å². The van der Waals surface area contributed by atoms with Crippen LogP contribution in [-0.2, 0) is 4.79 Å². The number of ether oxygens (including phenoxy) is 1. The molecule has 0 atom stereocenters. The Morgan fingerprint density at radius 3 is 2.46 bits per heavy atom. The number of nitrogens with zero attached hydrogens (tertiary/aromatic N) is 5. The summed E-state index contributed by atoms with van der Waals surface area (Å²) in [6, 6.07) is 23.0. The lowest BCUT2D eigenvalue weighted by Gasteiger charge is -2.11. The fraction of sp³-hybridized carbons (Fsp3) is 0.0833. The largest absolute Gasteiger partial charge is 0.497 e. The molecular formula is C24H20N6O4S. The lowest BCUT2D eigenvalue weighted by atomic mass is 10.2. The molecule has 176 valence electrons. The van der Waals surface area contributed by atoms with Crippen LogP contribution in [0, 0.1) is 10.1 Å². The fourth-order valence-electron chi connectivity index (χ4n) is 3.12. The summed E-state index contributed by atoms with van der Waals surface area (Å²) in [7, 11) is 1.60. The van der Waals surface area contributed by atoms with E-state index in [2.05, 4.69) is 20.7 Å². The van der Waals surface area contributed by atoms with Crippen LogP contribution in [0.2, 0.25) is 0 Å². The molecule has 0 fully saturated rings. The van der Waals surface area contributed by atoms with Gasteiger partial charge < -0.3 is 4.74 Å². The molecule has 0 aliphatic rings. The highest BCUT2D eigenvalue weighted by atomic mass is 32.2. The van der Waals surface area contributed by atoms with Gasteiger partial charge in [-0.15, -0.1) is 10.2 Å². The number of amides is 1. The van der Waals surface area contributed by atoms with Gasteiger partial charge in [-0.25, -0.2) is 5.43 Å². The molecule has 1 heterocycles. The molecule has 0 radical (unpaired) electrons. The quantitative estimate of drug-likeness (QED) is 0.163. The minimum Gasteiger partial charge on any atom is -0.497 e. The van der Waals surface area contributed by atoms with E-state index < -0.39 is 4.92 Å². The van der Waals surface area contributed by atoms with Crippen LogP contribution in [0.3, 0.4) is 0 Å². The standard InChI is InChI=1S/C24H20N6O4S/c1-34-21-13-11-19(12-14-21)29-23(18-5-3-2-4-6-18)27-28-24(29)35-16-22(31)26-25-15-17-7-9-20(10-8-17)30(32)33/h2-15H,16H2,1H3,(H,26,31)/b25-15-. The van der Waals surface area contributed by atoms with Crippen molar-refractivity contribution >= 4 is 29.6 Å². The number of benzene rings is 3. The first-order valence-electron chi connectivity index (χ1n) is 10.4. The maximum Gasteiger partial charge on any atom is 0.269 e. The lowest BCUT2D eigenvalue weighted by molar-refractivity contribution is -0.384. The highest BCUT2D eigenvalue weighted by Crippen LogP contribution is 2.28. The van der Waals surface area contributed by atoms with Crippen LogP contribution >= 0.6 is 11.8 Å². The van der Waals surface area contributed by atoms with Crippen LogP contribution in [-0.4, -0.2) is 44.7 Å². The van der Waals surface area contributed by atoms with Crippen molar-refractivity contribution in [2.45, 2.75) is 5.16 Å². The molecule has 4 rings (SSSR count). The third-order valence-electron chi connectivity index (χ3n) is 4.84. The molecule has 0 bridgehead atoms. The molecule has 0 spiro atoms. The summed E-state index contributed by atoms with van der Waals surface area (Å²) in [6.07, 6.45) is 1.42. The summed E-state index contributed by atoms with van der Waals surface area (Å²) >= 11 is 1.22. The summed E-state index contributed by atoms with van der Waals surface area (Å²) in [5.41, 5.74) is 4.77. The van der Waals surface area contributed by atoms with E-state index in [0.717, 1.165) is 17.0 Å². The van der Waals surface area contributed by atoms with Crippen molar-refractivity contribution in [2.24, 2.45) is 5.10 Å². The topological polar surface area (TPSA) is 125 Å². The third-order valence-corrected chi connectivity index (χ3v) is 5.76. The number of aromatic nitrogens is 3. The molecule has 0 saturated carbocycles. The minimum absolute atomic E-state index is 0.0153. The van der Waals surface area contributed by atoms with Crippen molar-refractivity contribution in [3.05, 3.63) is 94.5 Å². The number of nitro groups is 1. The van der Waals surface area contributed by atoms with E-state index in [4.69, 9.17) is 4.74 Å². The molecule has 4 aromatic rings. The Morgan fingerprint density at radius 2 is 1.80 bits per heavy atom. The summed E-state index contributed by atoms with van der Waals surface area (Å²) in [5.74, 6) is 1.09. The number of thioether (sulfide) groups is 1. The summed E-state index contributed by atoms with van der Waals surface area (Å²) in [5, 5.41) is 23.8. The van der Waals surface area contributed by atoms with Crippen LogP contribution in [0.15, 0.2) is 89.1 Å². The first-order valence-corrected chi connectivity index (χ1v) is 11.4. The molecule has 3 aromatic carbocycles. The van der Waals surface area contributed by atoms with Gasteiger partial charge in [-0.2, -0.15) is 5.10 Å². The first kappa shape index (κ1) is 23.6. The molecule has 11 heteroatoms. The number of hydrogen-bond donors (Lipinski definition) is 1.